The maximum atomic E-state index is 11.1. The molecule has 1 heterocycles. The topological polar surface area (TPSA) is 96.2 Å². The first kappa shape index (κ1) is 10.3. The van der Waals surface area contributed by atoms with E-state index in [9.17, 15) is 9.59 Å². The molecule has 5 heteroatoms. The normalized spacial score (nSPS) is 11.3. The highest BCUT2D eigenvalue weighted by molar-refractivity contribution is 5.79. The molecule has 14 heavy (non-hydrogen) atoms. The molecule has 1 rings (SSSR count). The van der Waals surface area contributed by atoms with Crippen LogP contribution in [0.25, 0.3) is 0 Å². The van der Waals surface area contributed by atoms with Crippen LogP contribution in [0.15, 0.2) is 16.9 Å². The van der Waals surface area contributed by atoms with Crippen LogP contribution in [0.3, 0.4) is 0 Å². The summed E-state index contributed by atoms with van der Waals surface area (Å²) in [5, 5.41) is 8.90. The summed E-state index contributed by atoms with van der Waals surface area (Å²) in [6, 6.07) is 2.91. The van der Waals surface area contributed by atoms with Crippen LogP contribution in [-0.2, 0) is 10.2 Å². The Hall–Kier alpha value is -1.78. The van der Waals surface area contributed by atoms with Crippen molar-refractivity contribution in [3.8, 4) is 0 Å². The lowest BCUT2D eigenvalue weighted by atomic mass is 9.89. The molecule has 0 atom stereocenters. The smallest absolute Gasteiger partial charge is 0.315 e. The van der Waals surface area contributed by atoms with Gasteiger partial charge >= 0.3 is 5.97 Å². The number of pyridine rings is 1. The lowest BCUT2D eigenvalue weighted by Gasteiger charge is -2.18. The Labute approximate surface area is 80.6 Å². The molecule has 0 bridgehead atoms. The Bertz CT molecular complexity index is 420. The van der Waals surface area contributed by atoms with Crippen molar-refractivity contribution >= 4 is 11.7 Å². The zero-order valence-electron chi connectivity index (χ0n) is 8.00. The number of carboxylic acid groups (broad SMARTS) is 1. The number of aliphatic carboxylic acids is 1. The van der Waals surface area contributed by atoms with Crippen LogP contribution in [0, 0.1) is 0 Å². The zero-order chi connectivity index (χ0) is 10.9. The van der Waals surface area contributed by atoms with Gasteiger partial charge in [-0.1, -0.05) is 0 Å². The van der Waals surface area contributed by atoms with Crippen LogP contribution < -0.4 is 11.3 Å². The third-order valence-electron chi connectivity index (χ3n) is 2.15. The predicted molar refractivity (Wildman–Crippen MR) is 52.1 cm³/mol. The van der Waals surface area contributed by atoms with Crippen LogP contribution in [-0.4, -0.2) is 16.1 Å². The van der Waals surface area contributed by atoms with Crippen LogP contribution in [0.4, 0.5) is 5.69 Å². The number of nitrogens with one attached hydrogen (secondary N) is 1. The van der Waals surface area contributed by atoms with Gasteiger partial charge in [-0.2, -0.15) is 0 Å². The summed E-state index contributed by atoms with van der Waals surface area (Å²) in [6.07, 6.45) is 0. The number of hydrogen-bond acceptors (Lipinski definition) is 3. The number of nitrogen functional groups attached to an aromatic ring is 1. The van der Waals surface area contributed by atoms with Gasteiger partial charge in [0.1, 0.15) is 5.41 Å². The van der Waals surface area contributed by atoms with Gasteiger partial charge in [0.2, 0.25) is 0 Å². The van der Waals surface area contributed by atoms with Crippen molar-refractivity contribution in [3.63, 3.8) is 0 Å². The molecule has 0 fully saturated rings. The van der Waals surface area contributed by atoms with Gasteiger partial charge in [0.05, 0.1) is 5.69 Å². The Kier molecular flexibility index (Phi) is 2.33. The maximum Gasteiger partial charge on any atom is 0.315 e. The van der Waals surface area contributed by atoms with Gasteiger partial charge in [-0.3, -0.25) is 9.59 Å². The van der Waals surface area contributed by atoms with E-state index in [0.717, 1.165) is 0 Å². The van der Waals surface area contributed by atoms with E-state index < -0.39 is 16.9 Å². The highest BCUT2D eigenvalue weighted by atomic mass is 16.4. The molecule has 76 valence electrons. The second kappa shape index (κ2) is 3.17. The van der Waals surface area contributed by atoms with Crippen molar-refractivity contribution in [2.24, 2.45) is 0 Å². The largest absolute Gasteiger partial charge is 0.481 e. The lowest BCUT2D eigenvalue weighted by molar-refractivity contribution is -0.142. The molecule has 0 unspecified atom stereocenters. The Morgan fingerprint density at radius 1 is 1.50 bits per heavy atom. The number of aromatic amines is 1. The fourth-order valence-corrected chi connectivity index (χ4v) is 0.965. The minimum atomic E-state index is -1.12. The third kappa shape index (κ3) is 1.61. The molecule has 0 spiro atoms. The van der Waals surface area contributed by atoms with Crippen molar-refractivity contribution in [2.45, 2.75) is 19.3 Å². The zero-order valence-corrected chi connectivity index (χ0v) is 8.00. The molecule has 0 aliphatic rings. The molecule has 0 aliphatic heterocycles. The molecule has 0 aromatic carbocycles. The lowest BCUT2D eigenvalue weighted by Crippen LogP contribution is -2.31. The van der Waals surface area contributed by atoms with Gasteiger partial charge in [-0.15, -0.1) is 0 Å². The summed E-state index contributed by atoms with van der Waals surface area (Å²) in [6.45, 7) is 3.02. The van der Waals surface area contributed by atoms with E-state index in [-0.39, 0.29) is 5.69 Å². The van der Waals surface area contributed by atoms with Crippen LogP contribution in [0.5, 0.6) is 0 Å². The summed E-state index contributed by atoms with van der Waals surface area (Å²) >= 11 is 0. The number of anilines is 1. The summed E-state index contributed by atoms with van der Waals surface area (Å²) < 4.78 is 0. The van der Waals surface area contributed by atoms with Gasteiger partial charge in [0, 0.05) is 5.69 Å². The number of H-pyrrole nitrogens is 1. The number of hydrogen-bond donors (Lipinski definition) is 3. The van der Waals surface area contributed by atoms with Gasteiger partial charge in [0.15, 0.2) is 0 Å². The molecular weight excluding hydrogens is 184 g/mol. The number of carbonyl (C=O) groups is 1. The maximum absolute atomic E-state index is 11.1. The summed E-state index contributed by atoms with van der Waals surface area (Å²) in [4.78, 5) is 24.4. The van der Waals surface area contributed by atoms with Crippen molar-refractivity contribution in [2.75, 3.05) is 5.73 Å². The van der Waals surface area contributed by atoms with E-state index in [1.807, 2.05) is 0 Å². The van der Waals surface area contributed by atoms with Crippen LogP contribution in [0.1, 0.15) is 19.5 Å². The number of nitrogens with two attached hydrogens (primary N) is 1. The minimum absolute atomic E-state index is 0.0786. The van der Waals surface area contributed by atoms with Crippen molar-refractivity contribution in [1.29, 1.82) is 0 Å². The number of carboxylic acids is 1. The first-order valence-corrected chi connectivity index (χ1v) is 4.08. The summed E-state index contributed by atoms with van der Waals surface area (Å²) in [5.74, 6) is -1.00. The SMILES string of the molecule is CC(C)(C(=O)O)c1ccc(N)c(=O)[nH]1. The fraction of sp³-hybridized carbons (Fsp3) is 0.333. The van der Waals surface area contributed by atoms with Gasteiger partial charge in [0.25, 0.3) is 5.56 Å². The van der Waals surface area contributed by atoms with E-state index in [0.29, 0.717) is 5.69 Å². The van der Waals surface area contributed by atoms with Gasteiger partial charge in [-0.25, -0.2) is 0 Å². The molecule has 0 radical (unpaired) electrons. The Morgan fingerprint density at radius 2 is 2.07 bits per heavy atom. The Morgan fingerprint density at radius 3 is 2.50 bits per heavy atom. The molecule has 0 aliphatic carbocycles. The third-order valence-corrected chi connectivity index (χ3v) is 2.15. The second-order valence-electron chi connectivity index (χ2n) is 3.59. The van der Waals surface area contributed by atoms with Crippen molar-refractivity contribution in [1.82, 2.24) is 4.98 Å². The quantitative estimate of drug-likeness (QED) is 0.634. The van der Waals surface area contributed by atoms with E-state index in [1.54, 1.807) is 0 Å². The number of rotatable bonds is 2. The minimum Gasteiger partial charge on any atom is -0.481 e. The monoisotopic (exact) mass is 196 g/mol. The van der Waals surface area contributed by atoms with E-state index in [1.165, 1.54) is 26.0 Å². The van der Waals surface area contributed by atoms with Crippen LogP contribution in [0.2, 0.25) is 0 Å². The van der Waals surface area contributed by atoms with Crippen LogP contribution >= 0.6 is 0 Å². The van der Waals surface area contributed by atoms with E-state index >= 15 is 0 Å². The highest BCUT2D eigenvalue weighted by Gasteiger charge is 2.30. The molecule has 0 saturated carbocycles. The molecule has 0 saturated heterocycles. The van der Waals surface area contributed by atoms with Crippen molar-refractivity contribution in [3.05, 3.63) is 28.2 Å². The van der Waals surface area contributed by atoms with Crippen molar-refractivity contribution < 1.29 is 9.90 Å². The molecule has 0 amide bonds. The molecule has 4 N–H and O–H groups in total. The second-order valence-corrected chi connectivity index (χ2v) is 3.59. The predicted octanol–water partition coefficient (Wildman–Crippen LogP) is 0.319. The summed E-state index contributed by atoms with van der Waals surface area (Å²) in [5.41, 5.74) is 4.15. The first-order valence-electron chi connectivity index (χ1n) is 4.08. The molecule has 1 aromatic rings. The van der Waals surface area contributed by atoms with E-state index in [2.05, 4.69) is 4.98 Å². The standard InChI is InChI=1S/C9H12N2O3/c1-9(2,8(13)14)6-4-3-5(10)7(12)11-6/h3-4H,10H2,1-2H3,(H,11,12)(H,13,14). The van der Waals surface area contributed by atoms with Gasteiger partial charge < -0.3 is 15.8 Å². The number of aromatic nitrogens is 1. The van der Waals surface area contributed by atoms with Gasteiger partial charge in [-0.05, 0) is 26.0 Å². The Balaban J connectivity index is 3.28. The molecule has 1 aromatic heterocycles. The first-order chi connectivity index (χ1) is 6.35. The molecular formula is C9H12N2O3. The highest BCUT2D eigenvalue weighted by Crippen LogP contribution is 2.20. The van der Waals surface area contributed by atoms with E-state index in [4.69, 9.17) is 10.8 Å². The average molecular weight is 196 g/mol. The summed E-state index contributed by atoms with van der Waals surface area (Å²) in [7, 11) is 0. The average Bonchev–Trinajstić information content (AvgIpc) is 2.09. The molecule has 5 nitrogen and oxygen atoms in total. The fourth-order valence-electron chi connectivity index (χ4n) is 0.965.